The number of thiazole rings is 1. The van der Waals surface area contributed by atoms with Crippen molar-refractivity contribution >= 4 is 22.9 Å². The van der Waals surface area contributed by atoms with E-state index in [1.165, 1.54) is 30.7 Å². The zero-order chi connectivity index (χ0) is 20.4. The summed E-state index contributed by atoms with van der Waals surface area (Å²) in [5.74, 6) is -0.410. The number of halogens is 3. The fourth-order valence-corrected chi connectivity index (χ4v) is 3.31. The van der Waals surface area contributed by atoms with E-state index >= 15 is 0 Å². The second-order valence-electron chi connectivity index (χ2n) is 5.71. The van der Waals surface area contributed by atoms with Gasteiger partial charge in [-0.25, -0.2) is 19.6 Å². The van der Waals surface area contributed by atoms with Crippen LogP contribution >= 0.6 is 11.3 Å². The van der Waals surface area contributed by atoms with Crippen LogP contribution in [0.4, 0.5) is 18.9 Å². The maximum absolute atomic E-state index is 13.7. The van der Waals surface area contributed by atoms with Crippen LogP contribution in [0.25, 0.3) is 16.5 Å². The molecule has 0 unspecified atom stereocenters. The number of rotatable bonds is 4. The van der Waals surface area contributed by atoms with Gasteiger partial charge in [0, 0.05) is 12.4 Å². The Morgan fingerprint density at radius 2 is 1.72 bits per heavy atom. The topological polar surface area (TPSA) is 85.6 Å². The van der Waals surface area contributed by atoms with Gasteiger partial charge in [0.2, 0.25) is 0 Å². The first kappa shape index (κ1) is 18.7. The molecule has 0 spiro atoms. The normalized spacial score (nSPS) is 11.4. The number of nitrogens with one attached hydrogen (secondary N) is 1. The quantitative estimate of drug-likeness (QED) is 0.542. The van der Waals surface area contributed by atoms with E-state index < -0.39 is 23.5 Å². The van der Waals surface area contributed by atoms with E-state index in [2.05, 4.69) is 25.4 Å². The number of hydrogen-bond acceptors (Lipinski definition) is 6. The fraction of sp³-hybridized carbons (Fsp3) is 0.0556. The SMILES string of the molecule is O=C(Nc1cnn(-c2ccccc2)c1C(F)(F)F)c1cnc(-c2ncccn2)s1. The monoisotopic (exact) mass is 416 g/mol. The number of amides is 1. The predicted molar refractivity (Wildman–Crippen MR) is 99.7 cm³/mol. The molecule has 0 saturated heterocycles. The van der Waals surface area contributed by atoms with Crippen molar-refractivity contribution in [3.63, 3.8) is 0 Å². The zero-order valence-electron chi connectivity index (χ0n) is 14.5. The van der Waals surface area contributed by atoms with E-state index in [0.717, 1.165) is 22.2 Å². The van der Waals surface area contributed by atoms with E-state index in [0.29, 0.717) is 10.8 Å². The number of benzene rings is 1. The molecule has 3 aromatic heterocycles. The molecule has 0 aliphatic rings. The molecule has 1 N–H and O–H groups in total. The lowest BCUT2D eigenvalue weighted by Gasteiger charge is -2.12. The summed E-state index contributed by atoms with van der Waals surface area (Å²) in [6.45, 7) is 0. The van der Waals surface area contributed by atoms with Crippen molar-refractivity contribution in [1.29, 1.82) is 0 Å². The summed E-state index contributed by atoms with van der Waals surface area (Å²) in [6.07, 6.45) is 0.552. The number of aromatic nitrogens is 5. The van der Waals surface area contributed by atoms with Crippen molar-refractivity contribution in [1.82, 2.24) is 24.7 Å². The minimum atomic E-state index is -4.73. The van der Waals surface area contributed by atoms with Gasteiger partial charge in [-0.05, 0) is 18.2 Å². The Labute approximate surface area is 165 Å². The van der Waals surface area contributed by atoms with Crippen LogP contribution in [0.1, 0.15) is 15.4 Å². The molecule has 0 aliphatic heterocycles. The number of hydrogen-bond donors (Lipinski definition) is 1. The highest BCUT2D eigenvalue weighted by atomic mass is 32.1. The Balaban J connectivity index is 1.64. The fourth-order valence-electron chi connectivity index (χ4n) is 2.55. The molecule has 1 amide bonds. The Morgan fingerprint density at radius 3 is 2.41 bits per heavy atom. The first-order valence-corrected chi connectivity index (χ1v) is 9.00. The average molecular weight is 416 g/mol. The number of carbonyl (C=O) groups is 1. The smallest absolute Gasteiger partial charge is 0.318 e. The van der Waals surface area contributed by atoms with Gasteiger partial charge in [-0.1, -0.05) is 18.2 Å². The highest BCUT2D eigenvalue weighted by Gasteiger charge is 2.39. The number of carbonyl (C=O) groups excluding carboxylic acids is 1. The molecule has 4 aromatic rings. The summed E-state index contributed by atoms with van der Waals surface area (Å²) in [7, 11) is 0. The molecule has 146 valence electrons. The molecule has 1 aromatic carbocycles. The van der Waals surface area contributed by atoms with Gasteiger partial charge in [0.15, 0.2) is 16.5 Å². The Hall–Kier alpha value is -3.60. The van der Waals surface area contributed by atoms with Crippen molar-refractivity contribution in [2.45, 2.75) is 6.18 Å². The summed E-state index contributed by atoms with van der Waals surface area (Å²) in [5, 5.41) is 6.46. The molecule has 0 radical (unpaired) electrons. The van der Waals surface area contributed by atoms with Crippen LogP contribution in [0.15, 0.2) is 61.2 Å². The first-order chi connectivity index (χ1) is 13.9. The second kappa shape index (κ2) is 7.43. The molecule has 29 heavy (non-hydrogen) atoms. The van der Waals surface area contributed by atoms with Crippen LogP contribution < -0.4 is 5.32 Å². The van der Waals surface area contributed by atoms with Gasteiger partial charge in [0.25, 0.3) is 5.91 Å². The maximum atomic E-state index is 13.7. The molecule has 4 rings (SSSR count). The third kappa shape index (κ3) is 3.85. The highest BCUT2D eigenvalue weighted by Crippen LogP contribution is 2.36. The van der Waals surface area contributed by atoms with Crippen molar-refractivity contribution in [3.05, 3.63) is 71.8 Å². The lowest BCUT2D eigenvalue weighted by Crippen LogP contribution is -2.18. The van der Waals surface area contributed by atoms with Crippen molar-refractivity contribution < 1.29 is 18.0 Å². The standard InChI is InChI=1S/C18H11F3N6OS/c19-18(20,21)14-12(9-25-27(14)11-5-2-1-3-6-11)26-16(28)13-10-24-17(29-13)15-22-7-4-8-23-15/h1-10H,(H,26,28). The van der Waals surface area contributed by atoms with Gasteiger partial charge in [0.1, 0.15) is 4.88 Å². The third-order valence-electron chi connectivity index (χ3n) is 3.77. The molecular weight excluding hydrogens is 405 g/mol. The highest BCUT2D eigenvalue weighted by molar-refractivity contribution is 7.16. The number of nitrogens with zero attached hydrogens (tertiary/aromatic N) is 5. The Morgan fingerprint density at radius 1 is 1.00 bits per heavy atom. The molecule has 0 bridgehead atoms. The minimum Gasteiger partial charge on any atom is -0.318 e. The summed E-state index contributed by atoms with van der Waals surface area (Å²) in [5.41, 5.74) is -1.30. The van der Waals surface area contributed by atoms with Crippen LogP contribution in [0.3, 0.4) is 0 Å². The average Bonchev–Trinajstić information content (AvgIpc) is 3.37. The van der Waals surface area contributed by atoms with Crippen LogP contribution in [0, 0.1) is 0 Å². The lowest BCUT2D eigenvalue weighted by atomic mass is 10.3. The van der Waals surface area contributed by atoms with Gasteiger partial charge in [0.05, 0.1) is 23.8 Å². The number of para-hydroxylation sites is 1. The molecule has 0 saturated carbocycles. The van der Waals surface area contributed by atoms with E-state index in [1.54, 1.807) is 24.3 Å². The molecule has 0 aliphatic carbocycles. The largest absolute Gasteiger partial charge is 0.435 e. The molecule has 3 heterocycles. The van der Waals surface area contributed by atoms with E-state index in [-0.39, 0.29) is 10.6 Å². The van der Waals surface area contributed by atoms with Gasteiger partial charge < -0.3 is 5.32 Å². The van der Waals surface area contributed by atoms with E-state index in [9.17, 15) is 18.0 Å². The molecular formula is C18H11F3N6OS. The van der Waals surface area contributed by atoms with Gasteiger partial charge in [-0.15, -0.1) is 11.3 Å². The summed E-state index contributed by atoms with van der Waals surface area (Å²) < 4.78 is 41.7. The Kier molecular flexibility index (Phi) is 4.80. The van der Waals surface area contributed by atoms with Crippen LogP contribution in [-0.2, 0) is 6.18 Å². The van der Waals surface area contributed by atoms with E-state index in [1.807, 2.05) is 0 Å². The summed E-state index contributed by atoms with van der Waals surface area (Å²) >= 11 is 0.973. The maximum Gasteiger partial charge on any atom is 0.435 e. The van der Waals surface area contributed by atoms with Crippen LogP contribution in [0.5, 0.6) is 0 Å². The molecule has 0 fully saturated rings. The van der Waals surface area contributed by atoms with Crippen molar-refractivity contribution in [2.24, 2.45) is 0 Å². The summed E-state index contributed by atoms with van der Waals surface area (Å²) in [4.78, 5) is 24.7. The van der Waals surface area contributed by atoms with Gasteiger partial charge in [-0.2, -0.15) is 18.3 Å². The van der Waals surface area contributed by atoms with Crippen molar-refractivity contribution in [2.75, 3.05) is 5.32 Å². The third-order valence-corrected chi connectivity index (χ3v) is 4.77. The van der Waals surface area contributed by atoms with E-state index in [4.69, 9.17) is 0 Å². The molecule has 11 heteroatoms. The number of anilines is 1. The Bertz CT molecular complexity index is 1140. The van der Waals surface area contributed by atoms with Gasteiger partial charge in [-0.3, -0.25) is 4.79 Å². The first-order valence-electron chi connectivity index (χ1n) is 8.18. The predicted octanol–water partition coefficient (Wildman–Crippen LogP) is 4.06. The van der Waals surface area contributed by atoms with Crippen LogP contribution in [-0.4, -0.2) is 30.6 Å². The van der Waals surface area contributed by atoms with Crippen LogP contribution in [0.2, 0.25) is 0 Å². The number of alkyl halides is 3. The summed E-state index contributed by atoms with van der Waals surface area (Å²) in [6, 6.07) is 9.49. The molecule has 0 atom stereocenters. The van der Waals surface area contributed by atoms with Crippen molar-refractivity contribution in [3.8, 4) is 16.5 Å². The second-order valence-corrected chi connectivity index (χ2v) is 6.74. The lowest BCUT2D eigenvalue weighted by molar-refractivity contribution is -0.142. The molecule has 7 nitrogen and oxygen atoms in total. The minimum absolute atomic E-state index is 0.119. The van der Waals surface area contributed by atoms with Gasteiger partial charge >= 0.3 is 6.18 Å². The zero-order valence-corrected chi connectivity index (χ0v) is 15.3.